The molecule has 5 fully saturated rings. The summed E-state index contributed by atoms with van der Waals surface area (Å²) in [6.45, 7) is 8.10. The highest BCUT2D eigenvalue weighted by atomic mass is 16.6. The largest absolute Gasteiger partial charge is 0.466 e. The van der Waals surface area contributed by atoms with E-state index in [4.69, 9.17) is 14.2 Å². The molecule has 0 aromatic carbocycles. The van der Waals surface area contributed by atoms with Crippen molar-refractivity contribution in [2.75, 3.05) is 6.61 Å². The van der Waals surface area contributed by atoms with Gasteiger partial charge in [0.05, 0.1) is 18.3 Å². The van der Waals surface area contributed by atoms with E-state index >= 15 is 0 Å². The van der Waals surface area contributed by atoms with Crippen molar-refractivity contribution in [3.8, 4) is 0 Å². The normalized spacial score (nSPS) is 51.0. The lowest BCUT2D eigenvalue weighted by molar-refractivity contribution is -0.165. The van der Waals surface area contributed by atoms with Crippen LogP contribution < -0.4 is 0 Å². The number of aliphatic hydroxyl groups is 1. The first-order chi connectivity index (χ1) is 15.0. The minimum absolute atomic E-state index is 0.00947. The summed E-state index contributed by atoms with van der Waals surface area (Å²) in [5.41, 5.74) is -0.728. The SMILES string of the molecule is CC(=O)OCCC[C@]1(O)CC[C@H]2[C@@H]3C[C@@H]4O[C@@]45C[C@@H](OC(C)=O)CC[C@]5(C)[C@H]3CC[C@@]21C. The quantitative estimate of drug-likeness (QED) is 0.386. The Balaban J connectivity index is 1.32. The molecule has 1 heterocycles. The van der Waals surface area contributed by atoms with E-state index in [9.17, 15) is 14.7 Å². The van der Waals surface area contributed by atoms with Gasteiger partial charge in [-0.3, -0.25) is 9.59 Å². The molecule has 6 nitrogen and oxygen atoms in total. The van der Waals surface area contributed by atoms with E-state index in [1.165, 1.54) is 13.8 Å². The zero-order chi connectivity index (χ0) is 22.9. The molecule has 1 spiro atoms. The maximum absolute atomic E-state index is 11.8. The number of hydrogen-bond acceptors (Lipinski definition) is 6. The zero-order valence-electron chi connectivity index (χ0n) is 20.2. The van der Waals surface area contributed by atoms with Crippen LogP contribution in [0.2, 0.25) is 0 Å². The number of fused-ring (bicyclic) bond motifs is 4. The summed E-state index contributed by atoms with van der Waals surface area (Å²) in [7, 11) is 0. The summed E-state index contributed by atoms with van der Waals surface area (Å²) in [4.78, 5) is 22.6. The van der Waals surface area contributed by atoms with Crippen molar-refractivity contribution in [1.29, 1.82) is 0 Å². The summed E-state index contributed by atoms with van der Waals surface area (Å²) in [5, 5.41) is 11.8. The van der Waals surface area contributed by atoms with Crippen LogP contribution in [0, 0.1) is 28.6 Å². The number of rotatable bonds is 5. The molecule has 0 aromatic heterocycles. The van der Waals surface area contributed by atoms with Crippen LogP contribution in [-0.4, -0.2) is 47.1 Å². The molecular formula is C26H40O6. The van der Waals surface area contributed by atoms with Gasteiger partial charge >= 0.3 is 11.9 Å². The molecule has 6 heteroatoms. The van der Waals surface area contributed by atoms with E-state index in [-0.39, 0.29) is 40.6 Å². The number of esters is 2. The minimum Gasteiger partial charge on any atom is -0.466 e. The summed E-state index contributed by atoms with van der Waals surface area (Å²) < 4.78 is 17.2. The molecule has 0 amide bonds. The van der Waals surface area contributed by atoms with Gasteiger partial charge in [0.2, 0.25) is 0 Å². The Morgan fingerprint density at radius 1 is 1.00 bits per heavy atom. The van der Waals surface area contributed by atoms with Gasteiger partial charge in [0.25, 0.3) is 0 Å². The Bertz CT molecular complexity index is 797. The Hall–Kier alpha value is -1.14. The van der Waals surface area contributed by atoms with Crippen LogP contribution in [0.1, 0.15) is 91.9 Å². The highest BCUT2D eigenvalue weighted by Gasteiger charge is 2.77. The molecule has 1 saturated heterocycles. The van der Waals surface area contributed by atoms with Crippen LogP contribution >= 0.6 is 0 Å². The molecule has 0 unspecified atom stereocenters. The fourth-order valence-electron chi connectivity index (χ4n) is 9.08. The molecule has 0 aromatic rings. The average Bonchev–Trinajstić information content (AvgIpc) is 3.34. The molecule has 4 aliphatic carbocycles. The van der Waals surface area contributed by atoms with Crippen LogP contribution in [0.3, 0.4) is 0 Å². The van der Waals surface area contributed by atoms with Gasteiger partial charge in [-0.1, -0.05) is 13.8 Å². The molecule has 1 aliphatic heterocycles. The van der Waals surface area contributed by atoms with Gasteiger partial charge in [-0.05, 0) is 81.0 Å². The van der Waals surface area contributed by atoms with E-state index in [0.29, 0.717) is 30.8 Å². The predicted octanol–water partition coefficient (Wildman–Crippen LogP) is 4.17. The monoisotopic (exact) mass is 448 g/mol. The number of ether oxygens (including phenoxy) is 3. The van der Waals surface area contributed by atoms with Crippen LogP contribution in [0.25, 0.3) is 0 Å². The maximum atomic E-state index is 11.8. The van der Waals surface area contributed by atoms with Gasteiger partial charge in [0.15, 0.2) is 0 Å². The second kappa shape index (κ2) is 7.43. The lowest BCUT2D eigenvalue weighted by Crippen LogP contribution is -2.60. The molecule has 0 radical (unpaired) electrons. The minimum atomic E-state index is -0.671. The Kier molecular flexibility index (Phi) is 5.26. The second-order valence-corrected chi connectivity index (χ2v) is 12.0. The van der Waals surface area contributed by atoms with Gasteiger partial charge in [-0.2, -0.15) is 0 Å². The molecular weight excluding hydrogens is 408 g/mol. The first-order valence-electron chi connectivity index (χ1n) is 12.8. The summed E-state index contributed by atoms with van der Waals surface area (Å²) in [6.07, 6.45) is 9.70. The van der Waals surface area contributed by atoms with Crippen molar-refractivity contribution in [3.63, 3.8) is 0 Å². The lowest BCUT2D eigenvalue weighted by Gasteiger charge is -2.60. The van der Waals surface area contributed by atoms with Crippen molar-refractivity contribution < 1.29 is 28.9 Å². The third kappa shape index (κ3) is 3.11. The zero-order valence-corrected chi connectivity index (χ0v) is 20.2. The maximum Gasteiger partial charge on any atom is 0.302 e. The van der Waals surface area contributed by atoms with E-state index in [1.54, 1.807) is 0 Å². The van der Waals surface area contributed by atoms with E-state index in [0.717, 1.165) is 57.8 Å². The summed E-state index contributed by atoms with van der Waals surface area (Å²) in [6, 6.07) is 0. The number of hydrogen-bond donors (Lipinski definition) is 1. The lowest BCUT2D eigenvalue weighted by atomic mass is 9.44. The van der Waals surface area contributed by atoms with Gasteiger partial charge < -0.3 is 19.3 Å². The predicted molar refractivity (Wildman–Crippen MR) is 118 cm³/mol. The molecule has 1 N–H and O–H groups in total. The molecule has 0 bridgehead atoms. The Morgan fingerprint density at radius 3 is 2.41 bits per heavy atom. The molecule has 9 atom stereocenters. The number of epoxide rings is 1. The number of carbonyl (C=O) groups is 2. The van der Waals surface area contributed by atoms with Crippen molar-refractivity contribution in [3.05, 3.63) is 0 Å². The highest BCUT2D eigenvalue weighted by Crippen LogP contribution is 2.74. The van der Waals surface area contributed by atoms with Gasteiger partial charge in [-0.15, -0.1) is 0 Å². The van der Waals surface area contributed by atoms with Crippen LogP contribution in [0.4, 0.5) is 0 Å². The molecule has 32 heavy (non-hydrogen) atoms. The first-order valence-corrected chi connectivity index (χ1v) is 12.8. The summed E-state index contributed by atoms with van der Waals surface area (Å²) in [5.74, 6) is 1.28. The van der Waals surface area contributed by atoms with Gasteiger partial charge in [0.1, 0.15) is 11.7 Å². The third-order valence-electron chi connectivity index (χ3n) is 10.7. The average molecular weight is 449 g/mol. The van der Waals surface area contributed by atoms with E-state index < -0.39 is 5.60 Å². The van der Waals surface area contributed by atoms with Crippen molar-refractivity contribution in [1.82, 2.24) is 0 Å². The smallest absolute Gasteiger partial charge is 0.302 e. The van der Waals surface area contributed by atoms with Crippen molar-refractivity contribution in [2.24, 2.45) is 28.6 Å². The van der Waals surface area contributed by atoms with Gasteiger partial charge in [0, 0.05) is 25.7 Å². The van der Waals surface area contributed by atoms with Crippen LogP contribution in [0.15, 0.2) is 0 Å². The third-order valence-corrected chi connectivity index (χ3v) is 10.7. The van der Waals surface area contributed by atoms with Crippen molar-refractivity contribution >= 4 is 11.9 Å². The van der Waals surface area contributed by atoms with Crippen LogP contribution in [0.5, 0.6) is 0 Å². The fourth-order valence-corrected chi connectivity index (χ4v) is 9.08. The highest BCUT2D eigenvalue weighted by molar-refractivity contribution is 5.66. The molecule has 180 valence electrons. The van der Waals surface area contributed by atoms with Gasteiger partial charge in [-0.25, -0.2) is 0 Å². The van der Waals surface area contributed by atoms with Crippen molar-refractivity contribution in [2.45, 2.75) is 115 Å². The van der Waals surface area contributed by atoms with E-state index in [2.05, 4.69) is 13.8 Å². The second-order valence-electron chi connectivity index (χ2n) is 12.0. The molecule has 5 rings (SSSR count). The first kappa shape index (κ1) is 22.6. The molecule has 4 saturated carbocycles. The molecule has 5 aliphatic rings. The number of carbonyl (C=O) groups excluding carboxylic acids is 2. The van der Waals surface area contributed by atoms with Crippen LogP contribution in [-0.2, 0) is 23.8 Å². The standard InChI is InChI=1S/C26H40O6/c1-16(27)30-13-5-9-25(29)12-8-20-19-14-22-26(32-22)15-18(31-17(2)28)6-10-24(26,4)21(19)7-11-23(20,25)3/h18-22,29H,5-15H2,1-4H3/t18-,19-,20-,21-,22-,23-,24+,25-,26-/m0/s1. The fraction of sp³-hybridized carbons (Fsp3) is 0.923. The Labute approximate surface area is 191 Å². The topological polar surface area (TPSA) is 85.4 Å². The summed E-state index contributed by atoms with van der Waals surface area (Å²) >= 11 is 0. The Morgan fingerprint density at radius 2 is 1.69 bits per heavy atom. The van der Waals surface area contributed by atoms with E-state index in [1.807, 2.05) is 0 Å².